The molecule has 0 aliphatic carbocycles. The molecule has 96 valence electrons. The van der Waals surface area contributed by atoms with Crippen molar-refractivity contribution in [2.24, 2.45) is 0 Å². The molecule has 2 aromatic rings. The quantitative estimate of drug-likeness (QED) is 0.704. The molecule has 0 aliphatic rings. The Morgan fingerprint density at radius 1 is 1.44 bits per heavy atom. The van der Waals surface area contributed by atoms with Crippen molar-refractivity contribution < 1.29 is 15.1 Å². The first kappa shape index (κ1) is 12.4. The minimum Gasteiger partial charge on any atom is -0.428 e. The number of aliphatic hydroxyl groups excluding tert-OH is 1. The van der Waals surface area contributed by atoms with Crippen LogP contribution in [0, 0.1) is 0 Å². The zero-order valence-electron chi connectivity index (χ0n) is 10.1. The number of hydrogen-bond acceptors (Lipinski definition) is 3. The van der Waals surface area contributed by atoms with E-state index in [0.29, 0.717) is 11.9 Å². The molecule has 5 nitrogen and oxygen atoms in total. The number of rotatable bonds is 4. The molecule has 18 heavy (non-hydrogen) atoms. The molecule has 5 heteroatoms. The average Bonchev–Trinajstić information content (AvgIpc) is 2.66. The van der Waals surface area contributed by atoms with Crippen LogP contribution in [-0.4, -0.2) is 33.6 Å². The molecular weight excluding hydrogens is 232 g/mol. The molecule has 1 amide bonds. The Labute approximate surface area is 105 Å². The molecule has 1 heterocycles. The number of carbonyl (C=O) groups is 1. The van der Waals surface area contributed by atoms with Crippen molar-refractivity contribution in [1.29, 1.82) is 0 Å². The van der Waals surface area contributed by atoms with Crippen molar-refractivity contribution in [2.45, 2.75) is 19.4 Å². The average molecular weight is 248 g/mol. The van der Waals surface area contributed by atoms with E-state index in [1.165, 1.54) is 6.92 Å². The summed E-state index contributed by atoms with van der Waals surface area (Å²) in [7, 11) is 0. The second kappa shape index (κ2) is 5.10. The highest BCUT2D eigenvalue weighted by Gasteiger charge is 2.14. The first-order valence-electron chi connectivity index (χ1n) is 5.78. The summed E-state index contributed by atoms with van der Waals surface area (Å²) in [5.74, 6) is -0.179. The van der Waals surface area contributed by atoms with E-state index in [1.807, 2.05) is 24.3 Å². The molecule has 1 atom stereocenters. The number of fused-ring (bicyclic) bond motifs is 1. The normalized spacial score (nSPS) is 12.6. The largest absolute Gasteiger partial charge is 0.428 e. The molecule has 2 rings (SSSR count). The van der Waals surface area contributed by atoms with Crippen molar-refractivity contribution in [1.82, 2.24) is 10.0 Å². The standard InChI is InChI=1S/C13H16N2O3/c1-9(17)14-11(8-16)6-10-7-15(18)13-5-3-2-4-12(10)13/h2-5,7,11,16,18H,6,8H2,1H3,(H,14,17)/t11-/m1/s1. The first-order chi connectivity index (χ1) is 8.61. The lowest BCUT2D eigenvalue weighted by Gasteiger charge is -2.14. The number of hydrogen-bond donors (Lipinski definition) is 3. The maximum Gasteiger partial charge on any atom is 0.217 e. The van der Waals surface area contributed by atoms with Gasteiger partial charge in [-0.3, -0.25) is 4.79 Å². The van der Waals surface area contributed by atoms with Gasteiger partial charge < -0.3 is 15.6 Å². The van der Waals surface area contributed by atoms with Gasteiger partial charge in [0, 0.05) is 18.5 Å². The number of carbonyl (C=O) groups excluding carboxylic acids is 1. The number of para-hydroxylation sites is 1. The van der Waals surface area contributed by atoms with Crippen LogP contribution in [0.15, 0.2) is 30.5 Å². The Morgan fingerprint density at radius 3 is 2.83 bits per heavy atom. The van der Waals surface area contributed by atoms with Crippen LogP contribution in [0.1, 0.15) is 12.5 Å². The molecule has 0 saturated carbocycles. The van der Waals surface area contributed by atoms with Gasteiger partial charge in [-0.05, 0) is 18.1 Å². The fourth-order valence-electron chi connectivity index (χ4n) is 2.11. The Kier molecular flexibility index (Phi) is 3.53. The van der Waals surface area contributed by atoms with Gasteiger partial charge in [-0.2, -0.15) is 4.73 Å². The smallest absolute Gasteiger partial charge is 0.217 e. The fourth-order valence-corrected chi connectivity index (χ4v) is 2.11. The molecule has 1 aromatic heterocycles. The van der Waals surface area contributed by atoms with E-state index in [1.54, 1.807) is 6.20 Å². The number of aromatic nitrogens is 1. The lowest BCUT2D eigenvalue weighted by Crippen LogP contribution is -2.37. The number of nitrogens with one attached hydrogen (secondary N) is 1. The molecule has 0 bridgehead atoms. The van der Waals surface area contributed by atoms with Crippen LogP contribution in [0.25, 0.3) is 10.9 Å². The molecule has 0 spiro atoms. The third kappa shape index (κ3) is 2.46. The van der Waals surface area contributed by atoms with E-state index in [2.05, 4.69) is 5.32 Å². The van der Waals surface area contributed by atoms with Crippen LogP contribution in [0.4, 0.5) is 0 Å². The third-order valence-corrected chi connectivity index (χ3v) is 2.87. The van der Waals surface area contributed by atoms with Gasteiger partial charge in [0.25, 0.3) is 0 Å². The van der Waals surface area contributed by atoms with Gasteiger partial charge in [-0.15, -0.1) is 0 Å². The maximum absolute atomic E-state index is 11.0. The summed E-state index contributed by atoms with van der Waals surface area (Å²) in [6.45, 7) is 1.28. The monoisotopic (exact) mass is 248 g/mol. The van der Waals surface area contributed by atoms with Crippen molar-refractivity contribution >= 4 is 16.8 Å². The Hall–Kier alpha value is -2.01. The van der Waals surface area contributed by atoms with Gasteiger partial charge in [0.15, 0.2) is 0 Å². The minimum absolute atomic E-state index is 0.134. The lowest BCUT2D eigenvalue weighted by atomic mass is 10.1. The Bertz CT molecular complexity index is 562. The van der Waals surface area contributed by atoms with Crippen LogP contribution < -0.4 is 5.32 Å². The van der Waals surface area contributed by atoms with Crippen LogP contribution in [0.2, 0.25) is 0 Å². The van der Waals surface area contributed by atoms with E-state index in [-0.39, 0.29) is 18.6 Å². The molecule has 3 N–H and O–H groups in total. The van der Waals surface area contributed by atoms with Gasteiger partial charge in [0.1, 0.15) is 0 Å². The summed E-state index contributed by atoms with van der Waals surface area (Å²) in [5.41, 5.74) is 1.60. The molecule has 0 aliphatic heterocycles. The topological polar surface area (TPSA) is 74.5 Å². The van der Waals surface area contributed by atoms with Crippen molar-refractivity contribution in [3.63, 3.8) is 0 Å². The predicted molar refractivity (Wildman–Crippen MR) is 67.5 cm³/mol. The highest BCUT2D eigenvalue weighted by atomic mass is 16.5. The second-order valence-electron chi connectivity index (χ2n) is 4.30. The summed E-state index contributed by atoms with van der Waals surface area (Å²) in [6, 6.07) is 7.10. The first-order valence-corrected chi connectivity index (χ1v) is 5.78. The second-order valence-corrected chi connectivity index (χ2v) is 4.30. The van der Waals surface area contributed by atoms with Crippen molar-refractivity contribution in [2.75, 3.05) is 6.61 Å². The summed E-state index contributed by atoms with van der Waals surface area (Å²) < 4.78 is 1.06. The van der Waals surface area contributed by atoms with Crippen molar-refractivity contribution in [3.05, 3.63) is 36.0 Å². The number of aliphatic hydroxyl groups is 1. The van der Waals surface area contributed by atoms with E-state index in [0.717, 1.165) is 15.7 Å². The number of nitrogens with zero attached hydrogens (tertiary/aromatic N) is 1. The fraction of sp³-hybridized carbons (Fsp3) is 0.308. The molecule has 0 saturated heterocycles. The van der Waals surface area contributed by atoms with Gasteiger partial charge in [0.2, 0.25) is 5.91 Å². The van der Waals surface area contributed by atoms with E-state index >= 15 is 0 Å². The highest BCUT2D eigenvalue weighted by molar-refractivity contribution is 5.83. The van der Waals surface area contributed by atoms with Gasteiger partial charge in [-0.1, -0.05) is 18.2 Å². The third-order valence-electron chi connectivity index (χ3n) is 2.87. The minimum atomic E-state index is -0.340. The van der Waals surface area contributed by atoms with Crippen LogP contribution in [-0.2, 0) is 11.2 Å². The molecule has 0 unspecified atom stereocenters. The molecular formula is C13H16N2O3. The summed E-state index contributed by atoms with van der Waals surface area (Å²) >= 11 is 0. The van der Waals surface area contributed by atoms with Gasteiger partial charge >= 0.3 is 0 Å². The van der Waals surface area contributed by atoms with Crippen LogP contribution >= 0.6 is 0 Å². The number of benzene rings is 1. The lowest BCUT2D eigenvalue weighted by molar-refractivity contribution is -0.119. The van der Waals surface area contributed by atoms with Gasteiger partial charge in [0.05, 0.1) is 18.2 Å². The van der Waals surface area contributed by atoms with E-state index in [9.17, 15) is 15.1 Å². The predicted octanol–water partition coefficient (Wildman–Crippen LogP) is 0.918. The Balaban J connectivity index is 2.28. The molecule has 0 radical (unpaired) electrons. The van der Waals surface area contributed by atoms with Crippen LogP contribution in [0.5, 0.6) is 0 Å². The SMILES string of the molecule is CC(=O)N[C@@H](CO)Cc1cn(O)c2ccccc12. The zero-order chi connectivity index (χ0) is 13.1. The van der Waals surface area contributed by atoms with E-state index in [4.69, 9.17) is 0 Å². The summed E-state index contributed by atoms with van der Waals surface area (Å²) in [4.78, 5) is 11.0. The maximum atomic E-state index is 11.0. The highest BCUT2D eigenvalue weighted by Crippen LogP contribution is 2.21. The zero-order valence-corrected chi connectivity index (χ0v) is 10.1. The van der Waals surface area contributed by atoms with E-state index < -0.39 is 0 Å². The van der Waals surface area contributed by atoms with Crippen LogP contribution in [0.3, 0.4) is 0 Å². The summed E-state index contributed by atoms with van der Waals surface area (Å²) in [6.07, 6.45) is 2.08. The number of amides is 1. The van der Waals surface area contributed by atoms with Gasteiger partial charge in [-0.25, -0.2) is 0 Å². The molecule has 0 fully saturated rings. The summed E-state index contributed by atoms with van der Waals surface area (Å²) in [5, 5.41) is 22.5. The Morgan fingerprint density at radius 2 is 2.17 bits per heavy atom. The molecule has 1 aromatic carbocycles. The van der Waals surface area contributed by atoms with Crippen molar-refractivity contribution in [3.8, 4) is 0 Å².